The van der Waals surface area contributed by atoms with Crippen LogP contribution in [0.3, 0.4) is 0 Å². The number of halogens is 3. The van der Waals surface area contributed by atoms with E-state index in [1.165, 1.54) is 16.9 Å². The van der Waals surface area contributed by atoms with Crippen molar-refractivity contribution in [3.8, 4) is 5.69 Å². The number of nitrogens with one attached hydrogen (secondary N) is 1. The summed E-state index contributed by atoms with van der Waals surface area (Å²) in [6.45, 7) is 3.37. The van der Waals surface area contributed by atoms with Crippen LogP contribution in [0.5, 0.6) is 0 Å². The second kappa shape index (κ2) is 5.40. The summed E-state index contributed by atoms with van der Waals surface area (Å²) in [5, 5.41) is 11.3. The van der Waals surface area contributed by atoms with Gasteiger partial charge in [-0.25, -0.2) is 0 Å². The molecule has 0 saturated heterocycles. The quantitative estimate of drug-likeness (QED) is 0.927. The van der Waals surface area contributed by atoms with E-state index in [0.29, 0.717) is 12.2 Å². The van der Waals surface area contributed by atoms with Gasteiger partial charge in [-0.1, -0.05) is 6.92 Å². The molecule has 0 atom stereocenters. The fourth-order valence-electron chi connectivity index (χ4n) is 1.54. The van der Waals surface area contributed by atoms with E-state index >= 15 is 0 Å². The van der Waals surface area contributed by atoms with Crippen LogP contribution >= 0.6 is 0 Å². The molecule has 0 aliphatic heterocycles. The molecule has 0 spiro atoms. The number of rotatable bonds is 4. The third kappa shape index (κ3) is 3.31. The van der Waals surface area contributed by atoms with Gasteiger partial charge in [0, 0.05) is 6.54 Å². The van der Waals surface area contributed by atoms with Gasteiger partial charge in [0.15, 0.2) is 0 Å². The normalized spacial score (nSPS) is 11.8. The van der Waals surface area contributed by atoms with Crippen LogP contribution in [0.1, 0.15) is 18.2 Å². The highest BCUT2D eigenvalue weighted by Crippen LogP contribution is 2.29. The van der Waals surface area contributed by atoms with Gasteiger partial charge in [0.05, 0.1) is 23.1 Å². The molecule has 2 aromatic rings. The predicted octanol–water partition coefficient (Wildman–Crippen LogP) is 2.40. The average Bonchev–Trinajstić information content (AvgIpc) is 2.84. The zero-order valence-electron chi connectivity index (χ0n) is 10.3. The van der Waals surface area contributed by atoms with Crippen molar-refractivity contribution in [3.05, 3.63) is 41.7 Å². The van der Waals surface area contributed by atoms with Crippen LogP contribution < -0.4 is 5.32 Å². The zero-order chi connectivity index (χ0) is 13.9. The third-order valence-electron chi connectivity index (χ3n) is 2.52. The van der Waals surface area contributed by atoms with E-state index < -0.39 is 11.7 Å². The Bertz CT molecular complexity index is 531. The lowest BCUT2D eigenvalue weighted by molar-refractivity contribution is -0.137. The Morgan fingerprint density at radius 1 is 1.21 bits per heavy atom. The first-order valence-electron chi connectivity index (χ1n) is 5.80. The van der Waals surface area contributed by atoms with Crippen LogP contribution in [0.4, 0.5) is 13.2 Å². The molecule has 0 amide bonds. The maximum atomic E-state index is 12.4. The van der Waals surface area contributed by atoms with E-state index in [9.17, 15) is 13.2 Å². The molecular formula is C12H13F3N4. The molecule has 2 rings (SSSR count). The van der Waals surface area contributed by atoms with Crippen LogP contribution in [0.15, 0.2) is 30.5 Å². The Kier molecular flexibility index (Phi) is 3.84. The predicted molar refractivity (Wildman–Crippen MR) is 63.7 cm³/mol. The smallest absolute Gasteiger partial charge is 0.311 e. The molecule has 1 aromatic heterocycles. The zero-order valence-corrected chi connectivity index (χ0v) is 10.3. The maximum absolute atomic E-state index is 12.4. The van der Waals surface area contributed by atoms with Crippen LogP contribution in [0, 0.1) is 0 Å². The molecule has 1 N–H and O–H groups in total. The van der Waals surface area contributed by atoms with Crippen molar-refractivity contribution < 1.29 is 13.2 Å². The first-order valence-corrected chi connectivity index (χ1v) is 5.80. The van der Waals surface area contributed by atoms with Gasteiger partial charge < -0.3 is 5.32 Å². The molecule has 102 valence electrons. The number of aromatic nitrogens is 3. The Labute approximate surface area is 108 Å². The number of nitrogens with zero attached hydrogens (tertiary/aromatic N) is 3. The highest BCUT2D eigenvalue weighted by molar-refractivity contribution is 5.33. The van der Waals surface area contributed by atoms with Crippen molar-refractivity contribution in [2.75, 3.05) is 6.54 Å². The summed E-state index contributed by atoms with van der Waals surface area (Å²) < 4.78 is 37.3. The fraction of sp³-hybridized carbons (Fsp3) is 0.333. The summed E-state index contributed by atoms with van der Waals surface area (Å²) in [6, 6.07) is 4.73. The van der Waals surface area contributed by atoms with Gasteiger partial charge in [0.2, 0.25) is 0 Å². The minimum Gasteiger partial charge on any atom is -0.311 e. The molecule has 0 aliphatic carbocycles. The van der Waals surface area contributed by atoms with Crippen LogP contribution in [0.2, 0.25) is 0 Å². The molecule has 1 aromatic carbocycles. The second-order valence-electron chi connectivity index (χ2n) is 3.95. The summed E-state index contributed by atoms with van der Waals surface area (Å²) in [4.78, 5) is 1.31. The SMILES string of the molecule is CCNCc1cnn(-c2ccc(C(F)(F)F)cc2)n1. The highest BCUT2D eigenvalue weighted by atomic mass is 19.4. The molecule has 4 nitrogen and oxygen atoms in total. The van der Waals surface area contributed by atoms with Gasteiger partial charge in [-0.2, -0.15) is 28.2 Å². The van der Waals surface area contributed by atoms with Crippen LogP contribution in [-0.2, 0) is 12.7 Å². The number of alkyl halides is 3. The van der Waals surface area contributed by atoms with E-state index in [2.05, 4.69) is 15.5 Å². The average molecular weight is 270 g/mol. The molecular weight excluding hydrogens is 257 g/mol. The lowest BCUT2D eigenvalue weighted by Crippen LogP contribution is -2.12. The van der Waals surface area contributed by atoms with Gasteiger partial charge in [0.25, 0.3) is 0 Å². The Hall–Kier alpha value is -1.89. The minimum absolute atomic E-state index is 0.496. The molecule has 0 radical (unpaired) electrons. The van der Waals surface area contributed by atoms with Crippen LogP contribution in [0.25, 0.3) is 5.69 Å². The Morgan fingerprint density at radius 2 is 1.89 bits per heavy atom. The Morgan fingerprint density at radius 3 is 2.47 bits per heavy atom. The van der Waals surface area contributed by atoms with Gasteiger partial charge in [-0.05, 0) is 30.8 Å². The van der Waals surface area contributed by atoms with Gasteiger partial charge in [-0.15, -0.1) is 0 Å². The topological polar surface area (TPSA) is 42.7 Å². The first kappa shape index (κ1) is 13.5. The third-order valence-corrected chi connectivity index (χ3v) is 2.52. The molecule has 0 unspecified atom stereocenters. The maximum Gasteiger partial charge on any atom is 0.416 e. The summed E-state index contributed by atoms with van der Waals surface area (Å²) >= 11 is 0. The van der Waals surface area contributed by atoms with E-state index in [0.717, 1.165) is 24.4 Å². The molecule has 0 bridgehead atoms. The van der Waals surface area contributed by atoms with Crippen molar-refractivity contribution in [1.29, 1.82) is 0 Å². The number of benzene rings is 1. The van der Waals surface area contributed by atoms with Crippen molar-refractivity contribution >= 4 is 0 Å². The monoisotopic (exact) mass is 270 g/mol. The van der Waals surface area contributed by atoms with E-state index in [1.54, 1.807) is 6.20 Å². The van der Waals surface area contributed by atoms with Crippen molar-refractivity contribution in [3.63, 3.8) is 0 Å². The number of hydrogen-bond donors (Lipinski definition) is 1. The second-order valence-corrected chi connectivity index (χ2v) is 3.95. The van der Waals surface area contributed by atoms with Crippen molar-refractivity contribution in [2.45, 2.75) is 19.6 Å². The van der Waals surface area contributed by atoms with E-state index in [-0.39, 0.29) is 0 Å². The first-order chi connectivity index (χ1) is 9.00. The van der Waals surface area contributed by atoms with E-state index in [4.69, 9.17) is 0 Å². The molecule has 0 saturated carbocycles. The van der Waals surface area contributed by atoms with Crippen molar-refractivity contribution in [1.82, 2.24) is 20.3 Å². The largest absolute Gasteiger partial charge is 0.416 e. The van der Waals surface area contributed by atoms with E-state index in [1.807, 2.05) is 6.92 Å². The van der Waals surface area contributed by atoms with Gasteiger partial charge >= 0.3 is 6.18 Å². The summed E-state index contributed by atoms with van der Waals surface area (Å²) in [7, 11) is 0. The lowest BCUT2D eigenvalue weighted by atomic mass is 10.2. The van der Waals surface area contributed by atoms with Gasteiger partial charge in [-0.3, -0.25) is 0 Å². The minimum atomic E-state index is -4.33. The fourth-order valence-corrected chi connectivity index (χ4v) is 1.54. The molecule has 19 heavy (non-hydrogen) atoms. The lowest BCUT2D eigenvalue weighted by Gasteiger charge is -2.06. The molecule has 1 heterocycles. The highest BCUT2D eigenvalue weighted by Gasteiger charge is 2.30. The summed E-state index contributed by atoms with van der Waals surface area (Å²) in [5.74, 6) is 0. The molecule has 0 fully saturated rings. The standard InChI is InChI=1S/C12H13F3N4/c1-2-16-7-10-8-17-19(18-10)11-5-3-9(4-6-11)12(13,14)15/h3-6,8,16H,2,7H2,1H3. The van der Waals surface area contributed by atoms with Gasteiger partial charge in [0.1, 0.15) is 0 Å². The summed E-state index contributed by atoms with van der Waals surface area (Å²) in [5.41, 5.74) is 0.550. The molecule has 0 aliphatic rings. The van der Waals surface area contributed by atoms with Crippen LogP contribution in [-0.4, -0.2) is 21.5 Å². The summed E-state index contributed by atoms with van der Waals surface area (Å²) in [6.07, 6.45) is -2.74. The number of hydrogen-bond acceptors (Lipinski definition) is 3. The molecule has 7 heteroatoms. The van der Waals surface area contributed by atoms with Crippen molar-refractivity contribution in [2.24, 2.45) is 0 Å². The Balaban J connectivity index is 2.16.